The Balaban J connectivity index is 1.64. The molecule has 10 heteroatoms. The summed E-state index contributed by atoms with van der Waals surface area (Å²) in [6.45, 7) is 2.63. The van der Waals surface area contributed by atoms with Crippen LogP contribution in [0.25, 0.3) is 11.4 Å². The minimum absolute atomic E-state index is 0.0213. The first-order valence-electron chi connectivity index (χ1n) is 8.19. The summed E-state index contributed by atoms with van der Waals surface area (Å²) in [5, 5.41) is 12.4. The highest BCUT2D eigenvalue weighted by Crippen LogP contribution is 2.25. The Labute approximate surface area is 161 Å². The summed E-state index contributed by atoms with van der Waals surface area (Å²) < 4.78 is 24.8. The maximum absolute atomic E-state index is 12.1. The molecule has 0 radical (unpaired) electrons. The number of halogens is 1. The monoisotopic (exact) mass is 414 g/mol. The Morgan fingerprint density at radius 1 is 1.42 bits per heavy atom. The van der Waals surface area contributed by atoms with Crippen LogP contribution in [0.1, 0.15) is 13.3 Å². The lowest BCUT2D eigenvalue weighted by Crippen LogP contribution is -2.36. The highest BCUT2D eigenvalue weighted by atomic mass is 35.5. The van der Waals surface area contributed by atoms with E-state index >= 15 is 0 Å². The highest BCUT2D eigenvalue weighted by molar-refractivity contribution is 7.99. The third-order valence-electron chi connectivity index (χ3n) is 4.05. The Hall–Kier alpha value is -1.58. The van der Waals surface area contributed by atoms with Crippen LogP contribution in [0.4, 0.5) is 0 Å². The molecule has 1 aliphatic rings. The van der Waals surface area contributed by atoms with Crippen LogP contribution in [0.5, 0.6) is 0 Å². The van der Waals surface area contributed by atoms with Crippen molar-refractivity contribution in [3.63, 3.8) is 0 Å². The zero-order valence-corrected chi connectivity index (χ0v) is 16.6. The predicted octanol–water partition coefficient (Wildman–Crippen LogP) is 2.01. The van der Waals surface area contributed by atoms with Gasteiger partial charge in [0.25, 0.3) is 0 Å². The Morgan fingerprint density at radius 3 is 2.88 bits per heavy atom. The van der Waals surface area contributed by atoms with Crippen molar-refractivity contribution < 1.29 is 13.2 Å². The topological polar surface area (TPSA) is 94.0 Å². The number of aromatic nitrogens is 3. The Kier molecular flexibility index (Phi) is 5.89. The lowest BCUT2D eigenvalue weighted by atomic mass is 10.2. The number of nitrogens with zero attached hydrogens (tertiary/aromatic N) is 3. The average Bonchev–Trinajstić information content (AvgIpc) is 3.15. The van der Waals surface area contributed by atoms with Crippen LogP contribution >= 0.6 is 23.4 Å². The van der Waals surface area contributed by atoms with Crippen molar-refractivity contribution >= 4 is 39.1 Å². The van der Waals surface area contributed by atoms with Gasteiger partial charge in [0, 0.05) is 23.2 Å². The standard InChI is InChI=1S/C16H19ClN4O3S2/c1-2-21-15(11-4-3-5-12(17)8-11)19-20-16(21)25-9-14(22)18-13-6-7-26(23,24)10-13/h3-5,8,13H,2,6-7,9-10H2,1H3,(H,18,22)/t13-/m1/s1. The zero-order chi connectivity index (χ0) is 18.7. The van der Waals surface area contributed by atoms with Crippen LogP contribution in [-0.4, -0.2) is 52.4 Å². The Bertz CT molecular complexity index is 914. The van der Waals surface area contributed by atoms with E-state index in [0.29, 0.717) is 29.0 Å². The van der Waals surface area contributed by atoms with E-state index in [9.17, 15) is 13.2 Å². The van der Waals surface area contributed by atoms with Crippen LogP contribution in [0, 0.1) is 0 Å². The molecule has 2 aromatic rings. The molecule has 0 saturated carbocycles. The normalized spacial score (nSPS) is 18.8. The van der Waals surface area contributed by atoms with Crippen molar-refractivity contribution in [1.29, 1.82) is 0 Å². The van der Waals surface area contributed by atoms with E-state index in [2.05, 4.69) is 15.5 Å². The van der Waals surface area contributed by atoms with E-state index in [-0.39, 0.29) is 29.2 Å². The van der Waals surface area contributed by atoms with Gasteiger partial charge in [0.2, 0.25) is 5.91 Å². The molecule has 26 heavy (non-hydrogen) atoms. The van der Waals surface area contributed by atoms with Crippen LogP contribution in [0.3, 0.4) is 0 Å². The van der Waals surface area contributed by atoms with Gasteiger partial charge in [-0.3, -0.25) is 4.79 Å². The quantitative estimate of drug-likeness (QED) is 0.726. The number of carbonyl (C=O) groups excluding carboxylic acids is 1. The van der Waals surface area contributed by atoms with Crippen LogP contribution in [0.15, 0.2) is 29.4 Å². The predicted molar refractivity (Wildman–Crippen MR) is 102 cm³/mol. The van der Waals surface area contributed by atoms with Crippen molar-refractivity contribution in [1.82, 2.24) is 20.1 Å². The fraction of sp³-hybridized carbons (Fsp3) is 0.438. The molecule has 1 fully saturated rings. The maximum Gasteiger partial charge on any atom is 0.230 e. The molecule has 1 N–H and O–H groups in total. The van der Waals surface area contributed by atoms with Crippen molar-refractivity contribution in [2.45, 2.75) is 31.1 Å². The van der Waals surface area contributed by atoms with Gasteiger partial charge in [-0.05, 0) is 25.5 Å². The summed E-state index contributed by atoms with van der Waals surface area (Å²) in [5.41, 5.74) is 0.860. The number of nitrogens with one attached hydrogen (secondary N) is 1. The molecule has 1 aromatic heterocycles. The lowest BCUT2D eigenvalue weighted by Gasteiger charge is -2.11. The van der Waals surface area contributed by atoms with Gasteiger partial charge >= 0.3 is 0 Å². The highest BCUT2D eigenvalue weighted by Gasteiger charge is 2.29. The first kappa shape index (κ1) is 19.2. The summed E-state index contributed by atoms with van der Waals surface area (Å²) in [6.07, 6.45) is 0.475. The number of amides is 1. The molecule has 2 heterocycles. The van der Waals surface area contributed by atoms with Crippen molar-refractivity contribution in [3.05, 3.63) is 29.3 Å². The van der Waals surface area contributed by atoms with Crippen LogP contribution < -0.4 is 5.32 Å². The number of thioether (sulfide) groups is 1. The van der Waals surface area contributed by atoms with Gasteiger partial charge in [0.1, 0.15) is 0 Å². The van der Waals surface area contributed by atoms with Gasteiger partial charge in [-0.15, -0.1) is 10.2 Å². The maximum atomic E-state index is 12.1. The number of hydrogen-bond acceptors (Lipinski definition) is 6. The summed E-state index contributed by atoms with van der Waals surface area (Å²) in [6, 6.07) is 7.07. The molecule has 1 amide bonds. The van der Waals surface area contributed by atoms with Gasteiger partial charge < -0.3 is 9.88 Å². The second-order valence-electron chi connectivity index (χ2n) is 6.02. The zero-order valence-electron chi connectivity index (χ0n) is 14.2. The molecule has 1 atom stereocenters. The lowest BCUT2D eigenvalue weighted by molar-refractivity contribution is -0.119. The average molecular weight is 415 g/mol. The third-order valence-corrected chi connectivity index (χ3v) is 7.02. The smallest absolute Gasteiger partial charge is 0.230 e. The van der Waals surface area contributed by atoms with Crippen molar-refractivity contribution in [2.75, 3.05) is 17.3 Å². The largest absolute Gasteiger partial charge is 0.352 e. The van der Waals surface area contributed by atoms with Crippen molar-refractivity contribution in [2.24, 2.45) is 0 Å². The first-order chi connectivity index (χ1) is 12.4. The summed E-state index contributed by atoms with van der Waals surface area (Å²) in [4.78, 5) is 12.1. The Morgan fingerprint density at radius 2 is 2.23 bits per heavy atom. The first-order valence-corrected chi connectivity index (χ1v) is 11.4. The van der Waals surface area contributed by atoms with E-state index in [4.69, 9.17) is 11.6 Å². The van der Waals surface area contributed by atoms with Crippen LogP contribution in [0.2, 0.25) is 5.02 Å². The molecule has 0 unspecified atom stereocenters. The molecule has 0 spiro atoms. The minimum atomic E-state index is -3.01. The van der Waals surface area contributed by atoms with E-state index in [1.807, 2.05) is 29.7 Å². The summed E-state index contributed by atoms with van der Waals surface area (Å²) in [7, 11) is -3.01. The van der Waals surface area contributed by atoms with Crippen molar-refractivity contribution in [3.8, 4) is 11.4 Å². The number of carbonyl (C=O) groups is 1. The molecule has 0 aliphatic carbocycles. The molecule has 1 aliphatic heterocycles. The molecular formula is C16H19ClN4O3S2. The number of hydrogen-bond donors (Lipinski definition) is 1. The van der Waals surface area contributed by atoms with E-state index in [1.54, 1.807) is 6.07 Å². The molecule has 3 rings (SSSR count). The summed E-state index contributed by atoms with van der Waals surface area (Å²) >= 11 is 7.32. The van der Waals surface area contributed by atoms with E-state index < -0.39 is 9.84 Å². The number of rotatable bonds is 6. The molecular weight excluding hydrogens is 396 g/mol. The fourth-order valence-corrected chi connectivity index (χ4v) is 5.51. The second-order valence-corrected chi connectivity index (χ2v) is 9.62. The van der Waals surface area contributed by atoms with Gasteiger partial charge in [0.05, 0.1) is 17.3 Å². The van der Waals surface area contributed by atoms with Crippen LogP contribution in [-0.2, 0) is 21.2 Å². The van der Waals surface area contributed by atoms with Gasteiger partial charge in [-0.2, -0.15) is 0 Å². The van der Waals surface area contributed by atoms with E-state index in [1.165, 1.54) is 11.8 Å². The minimum Gasteiger partial charge on any atom is -0.352 e. The SMILES string of the molecule is CCn1c(SCC(=O)N[C@@H]2CCS(=O)(=O)C2)nnc1-c1cccc(Cl)c1. The number of sulfone groups is 1. The molecule has 0 bridgehead atoms. The molecule has 1 aromatic carbocycles. The second kappa shape index (κ2) is 7.98. The van der Waals surface area contributed by atoms with Gasteiger partial charge in [-0.1, -0.05) is 35.5 Å². The molecule has 140 valence electrons. The molecule has 1 saturated heterocycles. The third kappa shape index (κ3) is 4.57. The fourth-order valence-electron chi connectivity index (χ4n) is 2.83. The van der Waals surface area contributed by atoms with Gasteiger partial charge in [0.15, 0.2) is 20.8 Å². The van der Waals surface area contributed by atoms with E-state index in [0.717, 1.165) is 5.56 Å². The van der Waals surface area contributed by atoms with Gasteiger partial charge in [-0.25, -0.2) is 8.42 Å². The molecule has 7 nitrogen and oxygen atoms in total. The summed E-state index contributed by atoms with van der Waals surface area (Å²) in [5.74, 6) is 0.808. The number of benzene rings is 1.